The number of aryl methyl sites for hydroxylation is 1. The third kappa shape index (κ3) is 5.82. The van der Waals surface area contributed by atoms with Crippen LogP contribution in [0.1, 0.15) is 12.5 Å². The predicted octanol–water partition coefficient (Wildman–Crippen LogP) is 2.74. The molecule has 27 heavy (non-hydrogen) atoms. The maximum absolute atomic E-state index is 14.0. The van der Waals surface area contributed by atoms with E-state index in [0.717, 1.165) is 50.8 Å². The Kier molecular flexibility index (Phi) is 8.33. The van der Waals surface area contributed by atoms with E-state index >= 15 is 0 Å². The Labute approximate surface area is 177 Å². The summed E-state index contributed by atoms with van der Waals surface area (Å²) in [4.78, 5) is 9.08. The van der Waals surface area contributed by atoms with Crippen LogP contribution in [0.4, 0.5) is 10.1 Å². The first-order chi connectivity index (χ1) is 12.7. The summed E-state index contributed by atoms with van der Waals surface area (Å²) in [6.07, 6.45) is 3.88. The highest BCUT2D eigenvalue weighted by Crippen LogP contribution is 2.20. The number of rotatable bonds is 5. The van der Waals surface area contributed by atoms with Crippen molar-refractivity contribution < 1.29 is 4.39 Å². The molecular weight excluding hydrogens is 458 g/mol. The zero-order valence-electron chi connectivity index (χ0n) is 15.9. The lowest BCUT2D eigenvalue weighted by Crippen LogP contribution is -2.52. The van der Waals surface area contributed by atoms with Crippen LogP contribution in [0.25, 0.3) is 0 Å². The molecular formula is C19H28FIN6. The first kappa shape index (κ1) is 21.5. The molecule has 1 fully saturated rings. The molecule has 0 aliphatic carbocycles. The topological polar surface area (TPSA) is 48.7 Å². The molecule has 0 atom stereocenters. The van der Waals surface area contributed by atoms with E-state index in [1.54, 1.807) is 6.07 Å². The monoisotopic (exact) mass is 486 g/mol. The van der Waals surface area contributed by atoms with Crippen molar-refractivity contribution in [3.05, 3.63) is 48.0 Å². The molecule has 1 N–H and O–H groups in total. The molecule has 0 unspecified atom stereocenters. The number of hydrogen-bond donors (Lipinski definition) is 1. The average molecular weight is 486 g/mol. The number of aromatic nitrogens is 2. The quantitative estimate of drug-likeness (QED) is 0.401. The van der Waals surface area contributed by atoms with Crippen LogP contribution in [0.2, 0.25) is 0 Å². The summed E-state index contributed by atoms with van der Waals surface area (Å²) in [7, 11) is 0. The van der Waals surface area contributed by atoms with E-state index < -0.39 is 0 Å². The molecule has 1 aromatic heterocycles. The van der Waals surface area contributed by atoms with Crippen LogP contribution >= 0.6 is 24.0 Å². The van der Waals surface area contributed by atoms with Crippen LogP contribution in [0.3, 0.4) is 0 Å². The first-order valence-electron chi connectivity index (χ1n) is 9.19. The molecule has 1 aliphatic rings. The fraction of sp³-hybridized carbons (Fsp3) is 0.474. The van der Waals surface area contributed by atoms with Gasteiger partial charge in [0.2, 0.25) is 0 Å². The number of hydrogen-bond acceptors (Lipinski definition) is 3. The van der Waals surface area contributed by atoms with E-state index in [9.17, 15) is 4.39 Å². The summed E-state index contributed by atoms with van der Waals surface area (Å²) in [5, 5.41) is 7.66. The van der Waals surface area contributed by atoms with Crippen molar-refractivity contribution >= 4 is 35.6 Å². The van der Waals surface area contributed by atoms with Gasteiger partial charge in [0.15, 0.2) is 5.96 Å². The van der Waals surface area contributed by atoms with Crippen molar-refractivity contribution in [2.45, 2.75) is 20.4 Å². The fourth-order valence-corrected chi connectivity index (χ4v) is 3.14. The minimum absolute atomic E-state index is 0. The van der Waals surface area contributed by atoms with Crippen molar-refractivity contribution in [2.75, 3.05) is 44.2 Å². The molecule has 8 heteroatoms. The Morgan fingerprint density at radius 2 is 1.96 bits per heavy atom. The number of para-hydroxylation sites is 1. The minimum Gasteiger partial charge on any atom is -0.366 e. The number of anilines is 1. The van der Waals surface area contributed by atoms with Crippen molar-refractivity contribution in [3.63, 3.8) is 0 Å². The highest BCUT2D eigenvalue weighted by molar-refractivity contribution is 14.0. The van der Waals surface area contributed by atoms with E-state index in [1.165, 1.54) is 6.07 Å². The number of aliphatic imine (C=N–C) groups is 1. The average Bonchev–Trinajstić information content (AvgIpc) is 3.07. The number of guanidine groups is 1. The second-order valence-electron chi connectivity index (χ2n) is 6.44. The lowest BCUT2D eigenvalue weighted by Gasteiger charge is -2.37. The summed E-state index contributed by atoms with van der Waals surface area (Å²) in [5.41, 5.74) is 1.84. The third-order valence-corrected chi connectivity index (χ3v) is 4.46. The SMILES string of the molecule is CCNC(=NCCn1cc(C)cn1)N1CCN(c2ccccc2F)CC1.I. The summed E-state index contributed by atoms with van der Waals surface area (Å²) in [5.74, 6) is 0.764. The van der Waals surface area contributed by atoms with Crippen molar-refractivity contribution in [1.29, 1.82) is 0 Å². The van der Waals surface area contributed by atoms with Crippen molar-refractivity contribution in [2.24, 2.45) is 4.99 Å². The number of benzene rings is 1. The van der Waals surface area contributed by atoms with Crippen LogP contribution in [0, 0.1) is 12.7 Å². The van der Waals surface area contributed by atoms with Crippen molar-refractivity contribution in [3.8, 4) is 0 Å². The molecule has 6 nitrogen and oxygen atoms in total. The molecule has 1 aromatic carbocycles. The van der Waals surface area contributed by atoms with E-state index in [0.29, 0.717) is 12.2 Å². The maximum atomic E-state index is 14.0. The van der Waals surface area contributed by atoms with Crippen LogP contribution < -0.4 is 10.2 Å². The van der Waals surface area contributed by atoms with Crippen LogP contribution in [0.5, 0.6) is 0 Å². The number of piperazine rings is 1. The molecule has 0 radical (unpaired) electrons. The molecule has 1 aliphatic heterocycles. The van der Waals surface area contributed by atoms with Crippen molar-refractivity contribution in [1.82, 2.24) is 20.0 Å². The highest BCUT2D eigenvalue weighted by atomic mass is 127. The lowest BCUT2D eigenvalue weighted by molar-refractivity contribution is 0.370. The van der Waals surface area contributed by atoms with Gasteiger partial charge in [0.25, 0.3) is 0 Å². The van der Waals surface area contributed by atoms with Gasteiger partial charge in [-0.1, -0.05) is 12.1 Å². The molecule has 2 aromatic rings. The lowest BCUT2D eigenvalue weighted by atomic mass is 10.2. The number of halogens is 2. The van der Waals surface area contributed by atoms with Gasteiger partial charge in [-0.05, 0) is 31.5 Å². The molecule has 1 saturated heterocycles. The Morgan fingerprint density at radius 3 is 2.59 bits per heavy atom. The van der Waals surface area contributed by atoms with Crippen LogP contribution in [-0.4, -0.2) is 59.9 Å². The Balaban J connectivity index is 0.00000261. The smallest absolute Gasteiger partial charge is 0.194 e. The van der Waals surface area contributed by atoms with Crippen LogP contribution in [0.15, 0.2) is 41.7 Å². The second kappa shape index (κ2) is 10.5. The zero-order valence-corrected chi connectivity index (χ0v) is 18.3. The van der Waals surface area contributed by atoms with Gasteiger partial charge in [-0.2, -0.15) is 5.10 Å². The summed E-state index contributed by atoms with van der Waals surface area (Å²) in [6.45, 7) is 9.57. The molecule has 0 bridgehead atoms. The van der Waals surface area contributed by atoms with Gasteiger partial charge in [0, 0.05) is 38.9 Å². The first-order valence-corrected chi connectivity index (χ1v) is 9.19. The van der Waals surface area contributed by atoms with E-state index in [4.69, 9.17) is 4.99 Å². The summed E-state index contributed by atoms with van der Waals surface area (Å²) in [6, 6.07) is 6.97. The molecule has 0 saturated carbocycles. The zero-order chi connectivity index (χ0) is 18.4. The largest absolute Gasteiger partial charge is 0.366 e. The predicted molar refractivity (Wildman–Crippen MR) is 119 cm³/mol. The fourth-order valence-electron chi connectivity index (χ4n) is 3.14. The van der Waals surface area contributed by atoms with Gasteiger partial charge in [0.1, 0.15) is 5.82 Å². The second-order valence-corrected chi connectivity index (χ2v) is 6.44. The number of nitrogens with one attached hydrogen (secondary N) is 1. The van der Waals surface area contributed by atoms with Gasteiger partial charge in [-0.3, -0.25) is 9.67 Å². The van der Waals surface area contributed by atoms with Gasteiger partial charge >= 0.3 is 0 Å². The standard InChI is InChI=1S/C19H27FN6.HI/c1-3-21-19(22-8-9-26-15-16(2)14-23-26)25-12-10-24(11-13-25)18-7-5-4-6-17(18)20;/h4-7,14-15H,3,8-13H2,1-2H3,(H,21,22);1H. The van der Waals surface area contributed by atoms with Gasteiger partial charge in [-0.25, -0.2) is 4.39 Å². The van der Waals surface area contributed by atoms with E-state index in [2.05, 4.69) is 27.1 Å². The van der Waals surface area contributed by atoms with Gasteiger partial charge in [0.05, 0.1) is 25.0 Å². The minimum atomic E-state index is -0.156. The summed E-state index contributed by atoms with van der Waals surface area (Å²) < 4.78 is 15.9. The Morgan fingerprint density at radius 1 is 1.22 bits per heavy atom. The third-order valence-electron chi connectivity index (χ3n) is 4.46. The van der Waals surface area contributed by atoms with E-state index in [-0.39, 0.29) is 29.8 Å². The highest BCUT2D eigenvalue weighted by Gasteiger charge is 2.21. The van der Waals surface area contributed by atoms with E-state index in [1.807, 2.05) is 36.1 Å². The Bertz CT molecular complexity index is 739. The molecule has 0 spiro atoms. The number of nitrogens with zero attached hydrogens (tertiary/aromatic N) is 5. The van der Waals surface area contributed by atoms with Gasteiger partial charge in [-0.15, -0.1) is 24.0 Å². The molecule has 2 heterocycles. The normalized spacial score (nSPS) is 14.9. The summed E-state index contributed by atoms with van der Waals surface area (Å²) >= 11 is 0. The molecule has 148 valence electrons. The van der Waals surface area contributed by atoms with Gasteiger partial charge < -0.3 is 15.1 Å². The molecule has 0 amide bonds. The maximum Gasteiger partial charge on any atom is 0.194 e. The molecule has 3 rings (SSSR count). The Hall–Kier alpha value is -1.84. The van der Waals surface area contributed by atoms with Crippen LogP contribution in [-0.2, 0) is 6.54 Å².